The van der Waals surface area contributed by atoms with Gasteiger partial charge in [0.1, 0.15) is 28.4 Å². The summed E-state index contributed by atoms with van der Waals surface area (Å²) in [5.41, 5.74) is -0.0575. The molecule has 28 heavy (non-hydrogen) atoms. The van der Waals surface area contributed by atoms with Gasteiger partial charge in [0.05, 0.1) is 19.5 Å². The van der Waals surface area contributed by atoms with Gasteiger partial charge in [-0.3, -0.25) is 0 Å². The van der Waals surface area contributed by atoms with Crippen molar-refractivity contribution in [1.82, 2.24) is 29.9 Å². The summed E-state index contributed by atoms with van der Waals surface area (Å²) in [7, 11) is 1.49. The Kier molecular flexibility index (Phi) is 4.60. The minimum absolute atomic E-state index is 0.0790. The fraction of sp³-hybridized carbons (Fsp3) is 0.444. The van der Waals surface area contributed by atoms with Crippen LogP contribution in [0.4, 0.5) is 10.3 Å². The van der Waals surface area contributed by atoms with Gasteiger partial charge in [0.15, 0.2) is 11.5 Å². The number of fused-ring (bicyclic) bond motifs is 1. The van der Waals surface area contributed by atoms with Crippen molar-refractivity contribution in [3.63, 3.8) is 0 Å². The highest BCUT2D eigenvalue weighted by molar-refractivity contribution is 5.62. The van der Waals surface area contributed by atoms with Crippen LogP contribution in [0.3, 0.4) is 0 Å². The molecule has 1 fully saturated rings. The van der Waals surface area contributed by atoms with E-state index in [1.807, 2.05) is 0 Å². The van der Waals surface area contributed by atoms with E-state index in [9.17, 15) is 9.50 Å². The van der Waals surface area contributed by atoms with Crippen LogP contribution in [-0.2, 0) is 5.60 Å². The average molecular weight is 387 g/mol. The number of nitrogens with one attached hydrogen (secondary N) is 2. The molecule has 1 atom stereocenters. The number of imidazole rings is 1. The highest BCUT2D eigenvalue weighted by Crippen LogP contribution is 2.30. The molecule has 1 unspecified atom stereocenters. The molecule has 1 aliphatic heterocycles. The van der Waals surface area contributed by atoms with Crippen LogP contribution in [0.1, 0.15) is 26.0 Å². The molecule has 148 valence electrons. The first-order valence-corrected chi connectivity index (χ1v) is 9.02. The summed E-state index contributed by atoms with van der Waals surface area (Å²) in [5.74, 6) is 0.159. The van der Waals surface area contributed by atoms with Crippen molar-refractivity contribution in [2.24, 2.45) is 0 Å². The van der Waals surface area contributed by atoms with Crippen LogP contribution in [0.15, 0.2) is 18.5 Å². The van der Waals surface area contributed by atoms with Crippen LogP contribution < -0.4 is 15.4 Å². The summed E-state index contributed by atoms with van der Waals surface area (Å²) < 4.78 is 21.3. The Hall–Kier alpha value is -2.85. The SMILES string of the molecule is COc1cc2ncc(-c3nc(NC4CCNC4)ncc3F)n2nc1C(C)(C)O. The zero-order chi connectivity index (χ0) is 19.9. The van der Waals surface area contributed by atoms with Crippen LogP contribution in [0.5, 0.6) is 5.75 Å². The molecule has 9 nitrogen and oxygen atoms in total. The van der Waals surface area contributed by atoms with Crippen LogP contribution in [-0.4, -0.2) is 55.9 Å². The molecule has 0 bridgehead atoms. The van der Waals surface area contributed by atoms with Gasteiger partial charge >= 0.3 is 0 Å². The van der Waals surface area contributed by atoms with Crippen molar-refractivity contribution in [2.45, 2.75) is 31.9 Å². The fourth-order valence-electron chi connectivity index (χ4n) is 3.22. The van der Waals surface area contributed by atoms with E-state index in [1.165, 1.54) is 17.8 Å². The maximum absolute atomic E-state index is 14.5. The second-order valence-electron chi connectivity index (χ2n) is 7.26. The Morgan fingerprint density at radius 1 is 1.36 bits per heavy atom. The molecule has 0 aliphatic carbocycles. The fourth-order valence-corrected chi connectivity index (χ4v) is 3.22. The standard InChI is InChI=1S/C18H22FN7O2/c1-18(2,27)16-13(28-3)6-14-21-9-12(26(14)25-16)15-11(19)8-22-17(24-15)23-10-4-5-20-7-10/h6,8-10,20,27H,4-5,7H2,1-3H3,(H,22,23,24). The molecule has 3 N–H and O–H groups in total. The molecule has 1 aliphatic rings. The quantitative estimate of drug-likeness (QED) is 0.602. The van der Waals surface area contributed by atoms with E-state index in [4.69, 9.17) is 4.74 Å². The van der Waals surface area contributed by atoms with Gasteiger partial charge < -0.3 is 20.5 Å². The third-order valence-electron chi connectivity index (χ3n) is 4.64. The van der Waals surface area contributed by atoms with Crippen molar-refractivity contribution < 1.29 is 14.2 Å². The maximum Gasteiger partial charge on any atom is 0.223 e. The van der Waals surface area contributed by atoms with E-state index in [2.05, 4.69) is 30.7 Å². The van der Waals surface area contributed by atoms with Gasteiger partial charge in [-0.15, -0.1) is 0 Å². The third-order valence-corrected chi connectivity index (χ3v) is 4.64. The van der Waals surface area contributed by atoms with E-state index < -0.39 is 11.4 Å². The van der Waals surface area contributed by atoms with Crippen molar-refractivity contribution in [2.75, 3.05) is 25.5 Å². The number of hydrogen-bond donors (Lipinski definition) is 3. The zero-order valence-electron chi connectivity index (χ0n) is 15.9. The van der Waals surface area contributed by atoms with Crippen LogP contribution in [0, 0.1) is 5.82 Å². The molecule has 10 heteroatoms. The number of anilines is 1. The van der Waals surface area contributed by atoms with Gasteiger partial charge in [0.25, 0.3) is 0 Å². The first-order chi connectivity index (χ1) is 13.4. The Morgan fingerprint density at radius 2 is 2.18 bits per heavy atom. The van der Waals surface area contributed by atoms with Crippen LogP contribution in [0.25, 0.3) is 17.0 Å². The largest absolute Gasteiger partial charge is 0.495 e. The molecular formula is C18H22FN7O2. The lowest BCUT2D eigenvalue weighted by molar-refractivity contribution is 0.0694. The number of aliphatic hydroxyl groups is 1. The molecule has 3 aromatic heterocycles. The van der Waals surface area contributed by atoms with Crippen LogP contribution in [0.2, 0.25) is 0 Å². The summed E-state index contributed by atoms with van der Waals surface area (Å²) in [5, 5.41) is 21.3. The van der Waals surface area contributed by atoms with Crippen molar-refractivity contribution >= 4 is 11.6 Å². The molecule has 0 saturated carbocycles. The highest BCUT2D eigenvalue weighted by Gasteiger charge is 2.26. The Labute approximate surface area is 161 Å². The summed E-state index contributed by atoms with van der Waals surface area (Å²) in [6.07, 6.45) is 3.57. The lowest BCUT2D eigenvalue weighted by Crippen LogP contribution is -2.23. The predicted molar refractivity (Wildman–Crippen MR) is 101 cm³/mol. The predicted octanol–water partition coefficient (Wildman–Crippen LogP) is 1.34. The van der Waals surface area contributed by atoms with E-state index >= 15 is 0 Å². The molecule has 4 rings (SSSR count). The molecule has 4 heterocycles. The number of hydrogen-bond acceptors (Lipinski definition) is 8. The van der Waals surface area contributed by atoms with Crippen molar-refractivity contribution in [3.8, 4) is 17.1 Å². The highest BCUT2D eigenvalue weighted by atomic mass is 19.1. The summed E-state index contributed by atoms with van der Waals surface area (Å²) in [6, 6.07) is 1.84. The first kappa shape index (κ1) is 18.5. The van der Waals surface area contributed by atoms with E-state index in [0.29, 0.717) is 28.7 Å². The number of nitrogens with zero attached hydrogens (tertiary/aromatic N) is 5. The van der Waals surface area contributed by atoms with Crippen LogP contribution >= 0.6 is 0 Å². The summed E-state index contributed by atoms with van der Waals surface area (Å²) >= 11 is 0. The van der Waals surface area contributed by atoms with Gasteiger partial charge in [-0.2, -0.15) is 5.10 Å². The Morgan fingerprint density at radius 3 is 2.86 bits per heavy atom. The number of aromatic nitrogens is 5. The van der Waals surface area contributed by atoms with Gasteiger partial charge in [-0.05, 0) is 26.8 Å². The van der Waals surface area contributed by atoms with Gasteiger partial charge in [0, 0.05) is 18.7 Å². The topological polar surface area (TPSA) is 109 Å². The smallest absolute Gasteiger partial charge is 0.223 e. The lowest BCUT2D eigenvalue weighted by atomic mass is 10.0. The van der Waals surface area contributed by atoms with E-state index in [1.54, 1.807) is 19.9 Å². The summed E-state index contributed by atoms with van der Waals surface area (Å²) in [4.78, 5) is 12.7. The molecule has 0 amide bonds. The summed E-state index contributed by atoms with van der Waals surface area (Å²) in [6.45, 7) is 4.93. The first-order valence-electron chi connectivity index (χ1n) is 9.02. The minimum Gasteiger partial charge on any atom is -0.495 e. The molecule has 0 aromatic carbocycles. The Balaban J connectivity index is 1.80. The van der Waals surface area contributed by atoms with Gasteiger partial charge in [0.2, 0.25) is 5.95 Å². The van der Waals surface area contributed by atoms with E-state index in [0.717, 1.165) is 25.7 Å². The second kappa shape index (κ2) is 6.95. The maximum atomic E-state index is 14.5. The third kappa shape index (κ3) is 3.36. The average Bonchev–Trinajstić information content (AvgIpc) is 3.30. The number of rotatable bonds is 5. The normalized spacial score (nSPS) is 17.2. The molecule has 3 aromatic rings. The van der Waals surface area contributed by atoms with Gasteiger partial charge in [-0.25, -0.2) is 23.9 Å². The van der Waals surface area contributed by atoms with Gasteiger partial charge in [-0.1, -0.05) is 0 Å². The Bertz CT molecular complexity index is 1010. The van der Waals surface area contributed by atoms with E-state index in [-0.39, 0.29) is 11.7 Å². The molecule has 0 radical (unpaired) electrons. The monoisotopic (exact) mass is 387 g/mol. The van der Waals surface area contributed by atoms with Crippen molar-refractivity contribution in [1.29, 1.82) is 0 Å². The molecule has 1 saturated heterocycles. The number of halogens is 1. The lowest BCUT2D eigenvalue weighted by Gasteiger charge is -2.19. The molecule has 0 spiro atoms. The second-order valence-corrected chi connectivity index (χ2v) is 7.26. The number of ether oxygens (including phenoxy) is 1. The number of methoxy groups -OCH3 is 1. The van der Waals surface area contributed by atoms with Crippen molar-refractivity contribution in [3.05, 3.63) is 30.0 Å². The molecular weight excluding hydrogens is 365 g/mol. The zero-order valence-corrected chi connectivity index (χ0v) is 15.9. The minimum atomic E-state index is -1.26.